The van der Waals surface area contributed by atoms with Gasteiger partial charge in [-0.25, -0.2) is 4.39 Å². The van der Waals surface area contributed by atoms with Crippen LogP contribution < -0.4 is 10.1 Å². The van der Waals surface area contributed by atoms with E-state index in [0.29, 0.717) is 27.1 Å². The van der Waals surface area contributed by atoms with Crippen LogP contribution in [0.5, 0.6) is 5.75 Å². The van der Waals surface area contributed by atoms with Crippen molar-refractivity contribution in [3.05, 3.63) is 92.7 Å². The number of amides is 1. The van der Waals surface area contributed by atoms with Gasteiger partial charge in [0.05, 0.1) is 16.6 Å². The number of hydrogen-bond acceptors (Lipinski definition) is 5. The number of rotatable bonds is 7. The highest BCUT2D eigenvalue weighted by Gasteiger charge is 2.22. The van der Waals surface area contributed by atoms with Gasteiger partial charge in [0.25, 0.3) is 5.91 Å². The Bertz CT molecular complexity index is 1290. The Labute approximate surface area is 198 Å². The van der Waals surface area contributed by atoms with Gasteiger partial charge in [-0.3, -0.25) is 9.48 Å². The summed E-state index contributed by atoms with van der Waals surface area (Å²) in [6, 6.07) is 12.4. The number of aryl methyl sites for hydroxylation is 3. The largest absolute Gasteiger partial charge is 0.489 e. The van der Waals surface area contributed by atoms with E-state index in [2.05, 4.69) is 37.6 Å². The van der Waals surface area contributed by atoms with Crippen molar-refractivity contribution in [1.29, 1.82) is 0 Å². The van der Waals surface area contributed by atoms with Crippen LogP contribution in [0, 0.1) is 26.6 Å². The van der Waals surface area contributed by atoms with Crippen molar-refractivity contribution >= 4 is 27.7 Å². The van der Waals surface area contributed by atoms with E-state index in [-0.39, 0.29) is 30.5 Å². The molecule has 0 spiro atoms. The Kier molecular flexibility index (Phi) is 6.60. The fourth-order valence-corrected chi connectivity index (χ4v) is 3.86. The fourth-order valence-electron chi connectivity index (χ4n) is 3.44. The van der Waals surface area contributed by atoms with Gasteiger partial charge in [-0.05, 0) is 66.0 Å². The minimum absolute atomic E-state index is 0.118. The number of halogens is 2. The molecule has 7 nitrogen and oxygen atoms in total. The summed E-state index contributed by atoms with van der Waals surface area (Å²) in [5.41, 5.74) is 3.32. The molecule has 1 amide bonds. The quantitative estimate of drug-likeness (QED) is 0.349. The lowest BCUT2D eigenvalue weighted by atomic mass is 10.1. The summed E-state index contributed by atoms with van der Waals surface area (Å²) in [4.78, 5) is 12.9. The summed E-state index contributed by atoms with van der Waals surface area (Å²) in [6.07, 6.45) is 1.67. The van der Waals surface area contributed by atoms with Gasteiger partial charge >= 0.3 is 0 Å². The van der Waals surface area contributed by atoms with Crippen LogP contribution in [0.25, 0.3) is 0 Å². The van der Waals surface area contributed by atoms with Crippen molar-refractivity contribution in [3.8, 4) is 5.75 Å². The Morgan fingerprint density at radius 2 is 1.91 bits per heavy atom. The molecule has 0 saturated heterocycles. The minimum atomic E-state index is -0.484. The lowest BCUT2D eigenvalue weighted by molar-refractivity contribution is 0.101. The van der Waals surface area contributed by atoms with Crippen molar-refractivity contribution in [2.24, 2.45) is 0 Å². The number of anilines is 1. The van der Waals surface area contributed by atoms with E-state index < -0.39 is 5.91 Å². The minimum Gasteiger partial charge on any atom is -0.489 e. The van der Waals surface area contributed by atoms with Crippen LogP contribution in [0.2, 0.25) is 0 Å². The average Bonchev–Trinajstić information content (AvgIpc) is 3.29. The SMILES string of the molecule is Cc1cc(C)cc(OCc2c(C(=O)Nc3nn(Cc4ccccc4F)cc3Br)noc2C)c1. The Balaban J connectivity index is 1.48. The standard InChI is InChI=1S/C24H22BrFN4O3/c1-14-8-15(2)10-18(9-14)32-13-19-16(3)33-29-22(19)24(31)27-23-20(25)12-30(28-23)11-17-6-4-5-7-21(17)26/h4-10,12H,11,13H2,1-3H3,(H,27,28,31). The van der Waals surface area contributed by atoms with Crippen molar-refractivity contribution in [3.63, 3.8) is 0 Å². The summed E-state index contributed by atoms with van der Waals surface area (Å²) < 4.78 is 27.2. The molecule has 0 atom stereocenters. The predicted molar refractivity (Wildman–Crippen MR) is 125 cm³/mol. The molecule has 0 aliphatic heterocycles. The van der Waals surface area contributed by atoms with Gasteiger partial charge in [-0.1, -0.05) is 29.4 Å². The van der Waals surface area contributed by atoms with Crippen molar-refractivity contribution in [2.75, 3.05) is 5.32 Å². The van der Waals surface area contributed by atoms with Gasteiger partial charge < -0.3 is 14.6 Å². The lowest BCUT2D eigenvalue weighted by Crippen LogP contribution is -2.16. The molecule has 2 heterocycles. The Morgan fingerprint density at radius 3 is 2.64 bits per heavy atom. The number of ether oxygens (including phenoxy) is 1. The molecule has 0 bridgehead atoms. The van der Waals surface area contributed by atoms with Crippen molar-refractivity contribution < 1.29 is 18.4 Å². The Hall–Kier alpha value is -3.46. The van der Waals surface area contributed by atoms with Crippen LogP contribution in [0.4, 0.5) is 10.2 Å². The van der Waals surface area contributed by atoms with E-state index in [4.69, 9.17) is 9.26 Å². The Morgan fingerprint density at radius 1 is 1.18 bits per heavy atom. The summed E-state index contributed by atoms with van der Waals surface area (Å²) in [7, 11) is 0. The van der Waals surface area contributed by atoms with Gasteiger partial charge in [0, 0.05) is 11.8 Å². The van der Waals surface area contributed by atoms with E-state index in [1.807, 2.05) is 26.0 Å². The zero-order valence-electron chi connectivity index (χ0n) is 18.4. The average molecular weight is 513 g/mol. The van der Waals surface area contributed by atoms with Crippen LogP contribution in [-0.2, 0) is 13.2 Å². The third-order valence-corrected chi connectivity index (χ3v) is 5.60. The fraction of sp³-hybridized carbons (Fsp3) is 0.208. The molecule has 4 aromatic rings. The first-order valence-corrected chi connectivity index (χ1v) is 11.0. The monoisotopic (exact) mass is 512 g/mol. The number of aromatic nitrogens is 3. The normalized spacial score (nSPS) is 10.9. The number of hydrogen-bond donors (Lipinski definition) is 1. The maximum Gasteiger partial charge on any atom is 0.279 e. The first-order chi connectivity index (χ1) is 15.8. The molecule has 0 aliphatic rings. The maximum absolute atomic E-state index is 13.9. The molecule has 0 unspecified atom stereocenters. The first kappa shape index (κ1) is 22.7. The van der Waals surface area contributed by atoms with E-state index in [1.54, 1.807) is 31.3 Å². The zero-order valence-corrected chi connectivity index (χ0v) is 19.9. The van der Waals surface area contributed by atoms with Crippen LogP contribution in [0.15, 0.2) is 57.7 Å². The smallest absolute Gasteiger partial charge is 0.279 e. The maximum atomic E-state index is 13.9. The van der Waals surface area contributed by atoms with Gasteiger partial charge in [0.15, 0.2) is 11.5 Å². The summed E-state index contributed by atoms with van der Waals surface area (Å²) in [6.45, 7) is 6.06. The molecule has 0 fully saturated rings. The number of carbonyl (C=O) groups is 1. The summed E-state index contributed by atoms with van der Waals surface area (Å²) in [5, 5.41) is 11.0. The van der Waals surface area contributed by atoms with E-state index in [0.717, 1.165) is 11.1 Å². The summed E-state index contributed by atoms with van der Waals surface area (Å²) in [5.74, 6) is 0.685. The van der Waals surface area contributed by atoms with Gasteiger partial charge in [-0.15, -0.1) is 0 Å². The van der Waals surface area contributed by atoms with Crippen molar-refractivity contribution in [1.82, 2.24) is 14.9 Å². The lowest BCUT2D eigenvalue weighted by Gasteiger charge is -2.09. The molecule has 170 valence electrons. The van der Waals surface area contributed by atoms with Crippen LogP contribution in [0.3, 0.4) is 0 Å². The van der Waals surface area contributed by atoms with Gasteiger partial charge in [0.2, 0.25) is 0 Å². The molecule has 33 heavy (non-hydrogen) atoms. The highest BCUT2D eigenvalue weighted by atomic mass is 79.9. The molecule has 2 aromatic heterocycles. The van der Waals surface area contributed by atoms with E-state index in [9.17, 15) is 9.18 Å². The molecular weight excluding hydrogens is 491 g/mol. The zero-order chi connectivity index (χ0) is 23.5. The molecule has 2 aromatic carbocycles. The number of carbonyl (C=O) groups excluding carboxylic acids is 1. The topological polar surface area (TPSA) is 82.2 Å². The highest BCUT2D eigenvalue weighted by Crippen LogP contribution is 2.24. The van der Waals surface area contributed by atoms with Crippen molar-refractivity contribution in [2.45, 2.75) is 33.9 Å². The van der Waals surface area contributed by atoms with E-state index in [1.165, 1.54) is 10.7 Å². The molecular formula is C24H22BrFN4O3. The molecule has 4 rings (SSSR count). The molecule has 0 aliphatic carbocycles. The molecule has 0 saturated carbocycles. The molecule has 1 N–H and O–H groups in total. The molecule has 0 radical (unpaired) electrons. The number of nitrogens with zero attached hydrogens (tertiary/aromatic N) is 3. The summed E-state index contributed by atoms with van der Waals surface area (Å²) >= 11 is 3.39. The second-order valence-corrected chi connectivity index (χ2v) is 8.60. The second kappa shape index (κ2) is 9.58. The predicted octanol–water partition coefficient (Wildman–Crippen LogP) is 5.58. The number of benzene rings is 2. The first-order valence-electron chi connectivity index (χ1n) is 10.2. The third-order valence-electron chi connectivity index (χ3n) is 5.02. The highest BCUT2D eigenvalue weighted by molar-refractivity contribution is 9.10. The number of nitrogens with one attached hydrogen (secondary N) is 1. The molecule has 9 heteroatoms. The van der Waals surface area contributed by atoms with Crippen LogP contribution >= 0.6 is 15.9 Å². The van der Waals surface area contributed by atoms with Crippen LogP contribution in [-0.4, -0.2) is 20.8 Å². The van der Waals surface area contributed by atoms with E-state index >= 15 is 0 Å². The second-order valence-electron chi connectivity index (χ2n) is 7.75. The van der Waals surface area contributed by atoms with Gasteiger partial charge in [-0.2, -0.15) is 5.10 Å². The van der Waals surface area contributed by atoms with Crippen LogP contribution in [0.1, 0.15) is 38.5 Å². The third kappa shape index (κ3) is 5.31. The van der Waals surface area contributed by atoms with Gasteiger partial charge in [0.1, 0.15) is 23.9 Å².